The molecule has 0 amide bonds. The van der Waals surface area contributed by atoms with Crippen LogP contribution in [0.1, 0.15) is 16.8 Å². The number of hydrogen-bond acceptors (Lipinski definition) is 4. The third kappa shape index (κ3) is 4.65. The van der Waals surface area contributed by atoms with Crippen LogP contribution in [-0.4, -0.2) is 35.3 Å². The first-order valence-corrected chi connectivity index (χ1v) is 5.39. The summed E-state index contributed by atoms with van der Waals surface area (Å²) < 4.78 is 17.2. The maximum Gasteiger partial charge on any atom is 0.338 e. The van der Waals surface area contributed by atoms with Gasteiger partial charge in [0, 0.05) is 6.42 Å². The first kappa shape index (κ1) is 14.3. The van der Waals surface area contributed by atoms with Crippen molar-refractivity contribution in [2.24, 2.45) is 0 Å². The molecule has 2 atom stereocenters. The van der Waals surface area contributed by atoms with E-state index in [2.05, 4.69) is 6.58 Å². The highest BCUT2D eigenvalue weighted by Crippen LogP contribution is 2.09. The molecule has 0 bridgehead atoms. The predicted octanol–water partition coefficient (Wildman–Crippen LogP) is 1.44. The van der Waals surface area contributed by atoms with E-state index in [9.17, 15) is 9.18 Å². The molecule has 0 aliphatic rings. The molecule has 0 fully saturated rings. The number of aliphatic hydroxyl groups is 2. The summed E-state index contributed by atoms with van der Waals surface area (Å²) in [5.41, 5.74) is 0.722. The van der Waals surface area contributed by atoms with Gasteiger partial charge in [0.1, 0.15) is 12.7 Å². The van der Waals surface area contributed by atoms with Gasteiger partial charge in [-0.25, -0.2) is 9.18 Å². The van der Waals surface area contributed by atoms with Crippen LogP contribution in [0.25, 0.3) is 0 Å². The third-order valence-electron chi connectivity index (χ3n) is 2.23. The number of ether oxygens (including phenoxy) is 1. The van der Waals surface area contributed by atoms with Gasteiger partial charge in [0.25, 0.3) is 0 Å². The second-order valence-corrected chi connectivity index (χ2v) is 3.84. The van der Waals surface area contributed by atoms with Crippen LogP contribution in [0.15, 0.2) is 42.5 Å². The fourth-order valence-corrected chi connectivity index (χ4v) is 1.28. The van der Waals surface area contributed by atoms with E-state index >= 15 is 0 Å². The lowest BCUT2D eigenvalue weighted by Gasteiger charge is -2.12. The monoisotopic (exact) mass is 254 g/mol. The van der Waals surface area contributed by atoms with E-state index in [0.717, 1.165) is 0 Å². The van der Waals surface area contributed by atoms with Crippen LogP contribution in [0.5, 0.6) is 0 Å². The van der Waals surface area contributed by atoms with Crippen LogP contribution in [0.2, 0.25) is 0 Å². The van der Waals surface area contributed by atoms with E-state index in [4.69, 9.17) is 14.9 Å². The second-order valence-electron chi connectivity index (χ2n) is 3.84. The molecule has 5 heteroatoms. The summed E-state index contributed by atoms with van der Waals surface area (Å²) in [6.07, 6.45) is -4.04. The Kier molecular flexibility index (Phi) is 5.48. The molecule has 2 N–H and O–H groups in total. The summed E-state index contributed by atoms with van der Waals surface area (Å²) in [6.45, 7) is 3.40. The third-order valence-corrected chi connectivity index (χ3v) is 2.23. The Labute approximate surface area is 104 Å². The average molecular weight is 254 g/mol. The number of hydrogen-bond donors (Lipinski definition) is 2. The van der Waals surface area contributed by atoms with Gasteiger partial charge >= 0.3 is 5.97 Å². The number of carbonyl (C=O) groups excluding carboxylic acids is 1. The molecule has 0 heterocycles. The van der Waals surface area contributed by atoms with Crippen LogP contribution in [0.3, 0.4) is 0 Å². The molecule has 0 aromatic heterocycles. The number of esters is 1. The Morgan fingerprint density at radius 1 is 1.33 bits per heavy atom. The van der Waals surface area contributed by atoms with Crippen molar-refractivity contribution in [1.82, 2.24) is 0 Å². The summed E-state index contributed by atoms with van der Waals surface area (Å²) in [4.78, 5) is 11.5. The summed E-state index contributed by atoms with van der Waals surface area (Å²) in [5.74, 6) is -0.521. The summed E-state index contributed by atoms with van der Waals surface area (Å²) in [5, 5.41) is 17.5. The molecule has 4 nitrogen and oxygen atoms in total. The highest BCUT2D eigenvalue weighted by molar-refractivity contribution is 5.89. The number of benzene rings is 1. The van der Waals surface area contributed by atoms with Crippen molar-refractivity contribution in [1.29, 1.82) is 0 Å². The maximum atomic E-state index is 12.3. The van der Waals surface area contributed by atoms with Crippen molar-refractivity contribution in [3.05, 3.63) is 48.0 Å². The number of alkyl halides is 1. The van der Waals surface area contributed by atoms with Gasteiger partial charge in [-0.05, 0) is 17.7 Å². The lowest BCUT2D eigenvalue weighted by atomic mass is 10.1. The summed E-state index contributed by atoms with van der Waals surface area (Å²) in [7, 11) is 0. The van der Waals surface area contributed by atoms with Crippen LogP contribution in [0, 0.1) is 0 Å². The molecule has 98 valence electrons. The number of rotatable bonds is 6. The SMILES string of the molecule is C=C(COC(=O)c1ccccc1)CC(O)C(O)F. The molecule has 1 rings (SSSR count). The summed E-state index contributed by atoms with van der Waals surface area (Å²) >= 11 is 0. The van der Waals surface area contributed by atoms with Gasteiger partial charge < -0.3 is 14.9 Å². The minimum Gasteiger partial charge on any atom is -0.458 e. The fourth-order valence-electron chi connectivity index (χ4n) is 1.28. The largest absolute Gasteiger partial charge is 0.458 e. The smallest absolute Gasteiger partial charge is 0.338 e. The van der Waals surface area contributed by atoms with E-state index in [-0.39, 0.29) is 13.0 Å². The van der Waals surface area contributed by atoms with E-state index in [1.807, 2.05) is 0 Å². The van der Waals surface area contributed by atoms with E-state index < -0.39 is 18.4 Å². The van der Waals surface area contributed by atoms with E-state index in [0.29, 0.717) is 11.1 Å². The lowest BCUT2D eigenvalue weighted by Crippen LogP contribution is -2.22. The Balaban J connectivity index is 2.37. The fraction of sp³-hybridized carbons (Fsp3) is 0.308. The number of halogens is 1. The van der Waals surface area contributed by atoms with Crippen molar-refractivity contribution < 1.29 is 24.1 Å². The quantitative estimate of drug-likeness (QED) is 0.595. The van der Waals surface area contributed by atoms with Crippen LogP contribution in [0.4, 0.5) is 4.39 Å². The van der Waals surface area contributed by atoms with Gasteiger partial charge in [-0.1, -0.05) is 24.8 Å². The molecule has 1 aromatic carbocycles. The molecule has 0 aliphatic heterocycles. The topological polar surface area (TPSA) is 66.8 Å². The van der Waals surface area contributed by atoms with Crippen molar-refractivity contribution in [2.75, 3.05) is 6.61 Å². The van der Waals surface area contributed by atoms with Gasteiger partial charge in [-0.2, -0.15) is 0 Å². The Morgan fingerprint density at radius 3 is 2.50 bits per heavy atom. The van der Waals surface area contributed by atoms with Crippen molar-refractivity contribution in [3.63, 3.8) is 0 Å². The summed E-state index contributed by atoms with van der Waals surface area (Å²) in [6, 6.07) is 8.38. The van der Waals surface area contributed by atoms with Crippen molar-refractivity contribution in [2.45, 2.75) is 18.9 Å². The van der Waals surface area contributed by atoms with Gasteiger partial charge in [-0.3, -0.25) is 0 Å². The molecule has 0 aliphatic carbocycles. The molecular weight excluding hydrogens is 239 g/mol. The zero-order valence-corrected chi connectivity index (χ0v) is 9.75. The Morgan fingerprint density at radius 2 is 1.94 bits per heavy atom. The predicted molar refractivity (Wildman–Crippen MR) is 63.6 cm³/mol. The van der Waals surface area contributed by atoms with Gasteiger partial charge in [-0.15, -0.1) is 0 Å². The molecule has 0 saturated heterocycles. The lowest BCUT2D eigenvalue weighted by molar-refractivity contribution is -0.0647. The van der Waals surface area contributed by atoms with Gasteiger partial charge in [0.2, 0.25) is 6.36 Å². The normalized spacial score (nSPS) is 13.7. The van der Waals surface area contributed by atoms with Crippen LogP contribution < -0.4 is 0 Å². The molecule has 0 spiro atoms. The molecule has 0 radical (unpaired) electrons. The van der Waals surface area contributed by atoms with Gasteiger partial charge in [0.15, 0.2) is 0 Å². The van der Waals surface area contributed by atoms with Crippen molar-refractivity contribution >= 4 is 5.97 Å². The zero-order chi connectivity index (χ0) is 13.5. The molecule has 18 heavy (non-hydrogen) atoms. The van der Waals surface area contributed by atoms with Crippen LogP contribution in [-0.2, 0) is 4.74 Å². The maximum absolute atomic E-state index is 12.3. The number of carbonyl (C=O) groups is 1. The van der Waals surface area contributed by atoms with Gasteiger partial charge in [0.05, 0.1) is 5.56 Å². The first-order valence-electron chi connectivity index (χ1n) is 5.39. The molecule has 0 saturated carbocycles. The van der Waals surface area contributed by atoms with Crippen molar-refractivity contribution in [3.8, 4) is 0 Å². The Bertz CT molecular complexity index is 403. The average Bonchev–Trinajstić information content (AvgIpc) is 2.36. The number of aliphatic hydroxyl groups excluding tert-OH is 2. The second kappa shape index (κ2) is 6.88. The minimum atomic E-state index is -2.33. The highest BCUT2D eigenvalue weighted by atomic mass is 19.1. The molecule has 2 unspecified atom stereocenters. The standard InChI is InChI=1S/C13H15FO4/c1-9(7-11(15)12(14)16)8-18-13(17)10-5-3-2-4-6-10/h2-6,11-12,15-16H,1,7-8H2. The van der Waals surface area contributed by atoms with E-state index in [1.54, 1.807) is 30.3 Å². The Hall–Kier alpha value is -1.72. The highest BCUT2D eigenvalue weighted by Gasteiger charge is 2.16. The molecule has 1 aromatic rings. The van der Waals surface area contributed by atoms with Crippen LogP contribution >= 0.6 is 0 Å². The minimum absolute atomic E-state index is 0.127. The zero-order valence-electron chi connectivity index (χ0n) is 9.75. The van der Waals surface area contributed by atoms with E-state index in [1.165, 1.54) is 0 Å². The first-order chi connectivity index (χ1) is 8.50. The molecular formula is C13H15FO4.